The van der Waals surface area contributed by atoms with Gasteiger partial charge in [0.05, 0.1) is 24.5 Å². The van der Waals surface area contributed by atoms with Crippen LogP contribution in [0.4, 0.5) is 0 Å². The highest BCUT2D eigenvalue weighted by molar-refractivity contribution is 6.46. The Morgan fingerprint density at radius 3 is 2.62 bits per heavy atom. The number of ether oxygens (including phenoxy) is 1. The van der Waals surface area contributed by atoms with E-state index in [-0.39, 0.29) is 11.3 Å². The Balaban J connectivity index is 1.66. The number of carbonyl (C=O) groups excluding carboxylic acids is 2. The molecule has 8 heteroatoms. The minimum atomic E-state index is -0.699. The molecule has 1 atom stereocenters. The maximum atomic E-state index is 13.1. The van der Waals surface area contributed by atoms with E-state index in [9.17, 15) is 14.7 Å². The Kier molecular flexibility index (Phi) is 7.37. The molecule has 1 saturated heterocycles. The highest BCUT2D eigenvalue weighted by Crippen LogP contribution is 2.39. The lowest BCUT2D eigenvalue weighted by Crippen LogP contribution is -2.31. The van der Waals surface area contributed by atoms with Crippen molar-refractivity contribution in [2.24, 2.45) is 0 Å². The van der Waals surface area contributed by atoms with Gasteiger partial charge in [-0.2, -0.15) is 0 Å². The van der Waals surface area contributed by atoms with Crippen molar-refractivity contribution in [3.8, 4) is 5.75 Å². The quantitative estimate of drug-likeness (QED) is 0.213. The molecule has 1 fully saturated rings. The van der Waals surface area contributed by atoms with E-state index in [1.54, 1.807) is 55.2 Å². The smallest absolute Gasteiger partial charge is 0.295 e. The predicted octanol–water partition coefficient (Wildman–Crippen LogP) is 3.97. The van der Waals surface area contributed by atoms with Crippen LogP contribution in [0.3, 0.4) is 0 Å². The molecule has 1 aromatic carbocycles. The van der Waals surface area contributed by atoms with E-state index in [1.165, 1.54) is 4.90 Å². The minimum Gasteiger partial charge on any atom is -0.507 e. The number of aromatic nitrogens is 3. The van der Waals surface area contributed by atoms with Gasteiger partial charge < -0.3 is 19.3 Å². The molecule has 0 aliphatic carbocycles. The molecule has 1 aliphatic heterocycles. The maximum absolute atomic E-state index is 13.1. The summed E-state index contributed by atoms with van der Waals surface area (Å²) in [5.41, 5.74) is 1.22. The number of nitrogens with zero attached hydrogens (tertiary/aromatic N) is 4. The first-order valence-corrected chi connectivity index (χ1v) is 11.5. The average molecular weight is 461 g/mol. The van der Waals surface area contributed by atoms with Gasteiger partial charge in [0, 0.05) is 43.4 Å². The molecule has 0 bridgehead atoms. The maximum Gasteiger partial charge on any atom is 0.295 e. The van der Waals surface area contributed by atoms with Crippen LogP contribution in [0.5, 0.6) is 5.75 Å². The molecule has 0 radical (unpaired) electrons. The van der Waals surface area contributed by atoms with Gasteiger partial charge in [-0.3, -0.25) is 14.6 Å². The lowest BCUT2D eigenvalue weighted by molar-refractivity contribution is -0.139. The van der Waals surface area contributed by atoms with Gasteiger partial charge >= 0.3 is 0 Å². The number of pyridine rings is 1. The summed E-state index contributed by atoms with van der Waals surface area (Å²) in [5.74, 6) is -0.922. The summed E-state index contributed by atoms with van der Waals surface area (Å²) in [4.78, 5) is 35.8. The largest absolute Gasteiger partial charge is 0.507 e. The normalized spacial score (nSPS) is 17.3. The van der Waals surface area contributed by atoms with Gasteiger partial charge in [0.25, 0.3) is 11.7 Å². The van der Waals surface area contributed by atoms with Crippen molar-refractivity contribution in [3.63, 3.8) is 0 Å². The third-order valence-electron chi connectivity index (χ3n) is 5.81. The van der Waals surface area contributed by atoms with Gasteiger partial charge in [0.2, 0.25) is 0 Å². The van der Waals surface area contributed by atoms with Crippen molar-refractivity contribution in [2.45, 2.75) is 38.8 Å². The molecule has 3 heterocycles. The fraction of sp³-hybridized carbons (Fsp3) is 0.308. The summed E-state index contributed by atoms with van der Waals surface area (Å²) in [6.45, 7) is 3.66. The summed E-state index contributed by atoms with van der Waals surface area (Å²) in [5, 5.41) is 11.2. The molecule has 1 unspecified atom stereocenters. The lowest BCUT2D eigenvalue weighted by Gasteiger charge is -2.25. The van der Waals surface area contributed by atoms with Gasteiger partial charge in [-0.25, -0.2) is 4.98 Å². The van der Waals surface area contributed by atoms with Gasteiger partial charge in [-0.05, 0) is 42.7 Å². The number of unbranched alkanes of at least 4 members (excludes halogenated alkanes) is 1. The summed E-state index contributed by atoms with van der Waals surface area (Å²) in [6.07, 6.45) is 11.0. The van der Waals surface area contributed by atoms with E-state index in [1.807, 2.05) is 16.8 Å². The molecule has 0 spiro atoms. The fourth-order valence-corrected chi connectivity index (χ4v) is 4.07. The summed E-state index contributed by atoms with van der Waals surface area (Å²) >= 11 is 0. The van der Waals surface area contributed by atoms with E-state index < -0.39 is 17.7 Å². The molecule has 34 heavy (non-hydrogen) atoms. The Labute approximate surface area is 198 Å². The Morgan fingerprint density at radius 2 is 1.88 bits per heavy atom. The third kappa shape index (κ3) is 5.01. The Bertz CT molecular complexity index is 1160. The van der Waals surface area contributed by atoms with Gasteiger partial charge in [-0.1, -0.05) is 25.5 Å². The summed E-state index contributed by atoms with van der Waals surface area (Å²) in [6, 6.07) is 9.79. The molecule has 1 N–H and O–H groups in total. The van der Waals surface area contributed by atoms with Crippen molar-refractivity contribution in [2.75, 3.05) is 13.2 Å². The number of aliphatic hydroxyl groups excluding tert-OH is 1. The SMILES string of the molecule is CCCCOc1cccc(/C(O)=C2\C(=O)C(=O)N(CCCn3ccnc3)C2c2ccncc2)c1. The van der Waals surface area contributed by atoms with Crippen molar-refractivity contribution >= 4 is 17.4 Å². The summed E-state index contributed by atoms with van der Waals surface area (Å²) < 4.78 is 7.68. The first-order valence-electron chi connectivity index (χ1n) is 11.5. The van der Waals surface area contributed by atoms with Crippen molar-refractivity contribution in [3.05, 3.63) is 84.2 Å². The minimum absolute atomic E-state index is 0.0736. The van der Waals surface area contributed by atoms with E-state index in [4.69, 9.17) is 4.74 Å². The Morgan fingerprint density at radius 1 is 1.06 bits per heavy atom. The zero-order valence-electron chi connectivity index (χ0n) is 19.1. The van der Waals surface area contributed by atoms with Gasteiger partial charge in [0.15, 0.2) is 0 Å². The van der Waals surface area contributed by atoms with Gasteiger partial charge in [-0.15, -0.1) is 0 Å². The number of rotatable bonds is 10. The van der Waals surface area contributed by atoms with Crippen LogP contribution in [0.1, 0.15) is 43.4 Å². The van der Waals surface area contributed by atoms with E-state index in [0.717, 1.165) is 12.8 Å². The molecule has 3 aromatic rings. The third-order valence-corrected chi connectivity index (χ3v) is 5.81. The highest BCUT2D eigenvalue weighted by Gasteiger charge is 2.45. The number of ketones is 1. The molecule has 2 aromatic heterocycles. The second-order valence-electron chi connectivity index (χ2n) is 8.16. The fourth-order valence-electron chi connectivity index (χ4n) is 4.07. The number of hydrogen-bond acceptors (Lipinski definition) is 6. The van der Waals surface area contributed by atoms with Crippen molar-refractivity contribution < 1.29 is 19.4 Å². The standard InChI is InChI=1S/C26H28N4O4/c1-2-3-16-34-21-7-4-6-20(17-21)24(31)22-23(19-8-10-27-11-9-19)30(26(33)25(22)32)14-5-13-29-15-12-28-18-29/h4,6-12,15,17-18,23,31H,2-3,5,13-14,16H2,1H3/b24-22+. The van der Waals surface area contributed by atoms with Crippen molar-refractivity contribution in [1.82, 2.24) is 19.4 Å². The van der Waals surface area contributed by atoms with Crippen LogP contribution >= 0.6 is 0 Å². The van der Waals surface area contributed by atoms with Crippen LogP contribution in [0, 0.1) is 0 Å². The number of hydrogen-bond donors (Lipinski definition) is 1. The van der Waals surface area contributed by atoms with E-state index in [0.29, 0.717) is 43.0 Å². The molecule has 8 nitrogen and oxygen atoms in total. The molecule has 1 aliphatic rings. The highest BCUT2D eigenvalue weighted by atomic mass is 16.5. The first kappa shape index (κ1) is 23.2. The number of likely N-dealkylation sites (tertiary alicyclic amines) is 1. The topological polar surface area (TPSA) is 97.6 Å². The van der Waals surface area contributed by atoms with Crippen molar-refractivity contribution in [1.29, 1.82) is 0 Å². The van der Waals surface area contributed by atoms with Crippen LogP contribution in [0.25, 0.3) is 5.76 Å². The molecule has 176 valence electrons. The summed E-state index contributed by atoms with van der Waals surface area (Å²) in [7, 11) is 0. The van der Waals surface area contributed by atoms with Crippen LogP contribution in [0.2, 0.25) is 0 Å². The van der Waals surface area contributed by atoms with Crippen LogP contribution in [-0.4, -0.2) is 49.4 Å². The van der Waals surface area contributed by atoms with E-state index >= 15 is 0 Å². The monoisotopic (exact) mass is 460 g/mol. The number of Topliss-reactive ketones (excluding diaryl/α,β-unsaturated/α-hetero) is 1. The first-order chi connectivity index (χ1) is 16.6. The number of imidazole rings is 1. The number of aliphatic hydroxyl groups is 1. The zero-order chi connectivity index (χ0) is 23.9. The van der Waals surface area contributed by atoms with E-state index in [2.05, 4.69) is 16.9 Å². The van der Waals surface area contributed by atoms with Crippen LogP contribution < -0.4 is 4.74 Å². The molecular weight excluding hydrogens is 432 g/mol. The molecule has 0 saturated carbocycles. The van der Waals surface area contributed by atoms with Gasteiger partial charge in [0.1, 0.15) is 11.5 Å². The number of carbonyl (C=O) groups is 2. The predicted molar refractivity (Wildman–Crippen MR) is 127 cm³/mol. The zero-order valence-corrected chi connectivity index (χ0v) is 19.1. The van der Waals surface area contributed by atoms with Crippen LogP contribution in [-0.2, 0) is 16.1 Å². The second-order valence-corrected chi connectivity index (χ2v) is 8.16. The second kappa shape index (κ2) is 10.8. The Hall–Kier alpha value is -3.94. The number of amides is 1. The molecular formula is C26H28N4O4. The lowest BCUT2D eigenvalue weighted by atomic mass is 9.96. The number of aryl methyl sites for hydroxylation is 1. The molecule has 4 rings (SSSR count). The molecule has 1 amide bonds. The average Bonchev–Trinajstić information content (AvgIpc) is 3.47. The number of benzene rings is 1. The van der Waals surface area contributed by atoms with Crippen LogP contribution in [0.15, 0.2) is 73.1 Å².